The van der Waals surface area contributed by atoms with Crippen LogP contribution in [0.1, 0.15) is 12.0 Å². The van der Waals surface area contributed by atoms with Gasteiger partial charge in [-0.1, -0.05) is 30.3 Å². The van der Waals surface area contributed by atoms with Crippen LogP contribution in [0.3, 0.4) is 0 Å². The van der Waals surface area contributed by atoms with Gasteiger partial charge < -0.3 is 15.5 Å². The maximum absolute atomic E-state index is 12.1. The summed E-state index contributed by atoms with van der Waals surface area (Å²) in [6, 6.07) is 14.5. The second-order valence-electron chi connectivity index (χ2n) is 6.06. The summed E-state index contributed by atoms with van der Waals surface area (Å²) >= 11 is 0. The third kappa shape index (κ3) is 4.35. The molecule has 1 saturated heterocycles. The molecule has 3 amide bonds. The highest BCUT2D eigenvalue weighted by Gasteiger charge is 2.30. The van der Waals surface area contributed by atoms with E-state index in [0.29, 0.717) is 18.8 Å². The standard InChI is InChI=1S/C18H18N4O4/c23-17-10-15(12-21(17)11-13-4-2-1-3-5-13)20-18(24)19-14-6-8-16(9-7-14)22(25)26/h1-9,15H,10-12H2,(H2,19,20,24). The van der Waals surface area contributed by atoms with E-state index in [2.05, 4.69) is 10.6 Å². The molecule has 2 N–H and O–H groups in total. The summed E-state index contributed by atoms with van der Waals surface area (Å²) in [4.78, 5) is 36.0. The van der Waals surface area contributed by atoms with Gasteiger partial charge in [-0.3, -0.25) is 14.9 Å². The average Bonchev–Trinajstić information content (AvgIpc) is 2.95. The molecule has 0 bridgehead atoms. The topological polar surface area (TPSA) is 105 Å². The van der Waals surface area contributed by atoms with Crippen molar-refractivity contribution in [3.63, 3.8) is 0 Å². The van der Waals surface area contributed by atoms with E-state index in [1.165, 1.54) is 24.3 Å². The number of nitro benzene ring substituents is 1. The number of amides is 3. The molecule has 1 aliphatic heterocycles. The molecule has 8 heteroatoms. The molecule has 134 valence electrons. The number of nitrogens with one attached hydrogen (secondary N) is 2. The van der Waals surface area contributed by atoms with Crippen LogP contribution in [0.2, 0.25) is 0 Å². The van der Waals surface area contributed by atoms with Gasteiger partial charge in [-0.15, -0.1) is 0 Å². The molecular weight excluding hydrogens is 336 g/mol. The van der Waals surface area contributed by atoms with E-state index >= 15 is 0 Å². The van der Waals surface area contributed by atoms with Crippen LogP contribution in [-0.4, -0.2) is 34.3 Å². The summed E-state index contributed by atoms with van der Waals surface area (Å²) in [7, 11) is 0. The van der Waals surface area contributed by atoms with Gasteiger partial charge in [0.1, 0.15) is 0 Å². The minimum Gasteiger partial charge on any atom is -0.336 e. The highest BCUT2D eigenvalue weighted by atomic mass is 16.6. The number of hydrogen-bond donors (Lipinski definition) is 2. The van der Waals surface area contributed by atoms with Gasteiger partial charge >= 0.3 is 6.03 Å². The van der Waals surface area contributed by atoms with Crippen LogP contribution in [0.4, 0.5) is 16.2 Å². The van der Waals surface area contributed by atoms with Crippen LogP contribution in [0.15, 0.2) is 54.6 Å². The van der Waals surface area contributed by atoms with Crippen LogP contribution >= 0.6 is 0 Å². The molecule has 2 aromatic carbocycles. The largest absolute Gasteiger partial charge is 0.336 e. The molecular formula is C18H18N4O4. The fourth-order valence-electron chi connectivity index (χ4n) is 2.84. The average molecular weight is 354 g/mol. The first-order chi connectivity index (χ1) is 12.5. The van der Waals surface area contributed by atoms with Crippen molar-refractivity contribution < 1.29 is 14.5 Å². The molecule has 0 radical (unpaired) electrons. The van der Waals surface area contributed by atoms with Crippen LogP contribution in [0.25, 0.3) is 0 Å². The molecule has 0 aromatic heterocycles. The molecule has 0 spiro atoms. The lowest BCUT2D eigenvalue weighted by atomic mass is 10.2. The van der Waals surface area contributed by atoms with Crippen LogP contribution in [0.5, 0.6) is 0 Å². The van der Waals surface area contributed by atoms with Crippen molar-refractivity contribution in [1.29, 1.82) is 0 Å². The lowest BCUT2D eigenvalue weighted by Crippen LogP contribution is -2.39. The summed E-state index contributed by atoms with van der Waals surface area (Å²) < 4.78 is 0. The number of carbonyl (C=O) groups is 2. The number of benzene rings is 2. The summed E-state index contributed by atoms with van der Waals surface area (Å²) in [5.41, 5.74) is 1.43. The predicted octanol–water partition coefficient (Wildman–Crippen LogP) is 2.52. The SMILES string of the molecule is O=C(Nc1ccc([N+](=O)[O-])cc1)NC1CC(=O)N(Cc2ccccc2)C1. The number of likely N-dealkylation sites (tertiary alicyclic amines) is 1. The first kappa shape index (κ1) is 17.4. The monoisotopic (exact) mass is 354 g/mol. The van der Waals surface area contributed by atoms with Gasteiger partial charge in [-0.25, -0.2) is 4.79 Å². The third-order valence-electron chi connectivity index (χ3n) is 4.10. The summed E-state index contributed by atoms with van der Waals surface area (Å²) in [5, 5.41) is 16.0. The van der Waals surface area contributed by atoms with E-state index in [-0.39, 0.29) is 24.1 Å². The molecule has 1 atom stereocenters. The molecule has 1 aliphatic rings. The minimum atomic E-state index is -0.505. The quantitative estimate of drug-likeness (QED) is 0.636. The van der Waals surface area contributed by atoms with Crippen molar-refractivity contribution in [2.75, 3.05) is 11.9 Å². The molecule has 2 aromatic rings. The van der Waals surface area contributed by atoms with Crippen molar-refractivity contribution in [1.82, 2.24) is 10.2 Å². The van der Waals surface area contributed by atoms with Gasteiger partial charge in [0.25, 0.3) is 5.69 Å². The van der Waals surface area contributed by atoms with E-state index in [4.69, 9.17) is 0 Å². The number of rotatable bonds is 5. The Balaban J connectivity index is 1.51. The highest BCUT2D eigenvalue weighted by molar-refractivity contribution is 5.90. The number of anilines is 1. The van der Waals surface area contributed by atoms with Crippen molar-refractivity contribution in [3.05, 3.63) is 70.3 Å². The smallest absolute Gasteiger partial charge is 0.319 e. The molecule has 1 heterocycles. The Kier molecular flexibility index (Phi) is 5.12. The molecule has 8 nitrogen and oxygen atoms in total. The second kappa shape index (κ2) is 7.64. The maximum Gasteiger partial charge on any atom is 0.319 e. The van der Waals surface area contributed by atoms with E-state index in [1.54, 1.807) is 4.90 Å². The number of nitro groups is 1. The van der Waals surface area contributed by atoms with Gasteiger partial charge in [-0.2, -0.15) is 0 Å². The van der Waals surface area contributed by atoms with Crippen LogP contribution < -0.4 is 10.6 Å². The molecule has 26 heavy (non-hydrogen) atoms. The van der Waals surface area contributed by atoms with Crippen molar-refractivity contribution in [3.8, 4) is 0 Å². The predicted molar refractivity (Wildman–Crippen MR) is 95.5 cm³/mol. The van der Waals surface area contributed by atoms with Gasteiger partial charge in [0.2, 0.25) is 5.91 Å². The van der Waals surface area contributed by atoms with Crippen LogP contribution in [-0.2, 0) is 11.3 Å². The fraction of sp³-hybridized carbons (Fsp3) is 0.222. The van der Waals surface area contributed by atoms with Gasteiger partial charge in [-0.05, 0) is 17.7 Å². The molecule has 0 aliphatic carbocycles. The molecule has 1 unspecified atom stereocenters. The summed E-state index contributed by atoms with van der Waals surface area (Å²) in [5.74, 6) is -0.00510. The zero-order chi connectivity index (χ0) is 18.5. The summed E-state index contributed by atoms with van der Waals surface area (Å²) in [6.07, 6.45) is 0.251. The highest BCUT2D eigenvalue weighted by Crippen LogP contribution is 2.17. The van der Waals surface area contributed by atoms with Gasteiger partial charge in [0.05, 0.1) is 11.0 Å². The molecule has 1 fully saturated rings. The third-order valence-corrected chi connectivity index (χ3v) is 4.10. The van der Waals surface area contributed by atoms with Gasteiger partial charge in [0, 0.05) is 37.3 Å². The van der Waals surface area contributed by atoms with Crippen molar-refractivity contribution in [2.24, 2.45) is 0 Å². The number of urea groups is 1. The lowest BCUT2D eigenvalue weighted by Gasteiger charge is -2.17. The first-order valence-corrected chi connectivity index (χ1v) is 8.15. The van der Waals surface area contributed by atoms with Gasteiger partial charge in [0.15, 0.2) is 0 Å². The zero-order valence-corrected chi connectivity index (χ0v) is 13.9. The van der Waals surface area contributed by atoms with E-state index in [0.717, 1.165) is 5.56 Å². The Morgan fingerprint density at radius 2 is 1.85 bits per heavy atom. The number of non-ortho nitro benzene ring substituents is 1. The number of nitrogens with zero attached hydrogens (tertiary/aromatic N) is 2. The Bertz CT molecular complexity index is 808. The zero-order valence-electron chi connectivity index (χ0n) is 13.9. The normalized spacial score (nSPS) is 16.4. The Hall–Kier alpha value is -3.42. The fourth-order valence-corrected chi connectivity index (χ4v) is 2.84. The molecule has 3 rings (SSSR count). The van der Waals surface area contributed by atoms with Crippen molar-refractivity contribution in [2.45, 2.75) is 19.0 Å². The molecule has 0 saturated carbocycles. The minimum absolute atomic E-state index is 0.00510. The lowest BCUT2D eigenvalue weighted by molar-refractivity contribution is -0.384. The van der Waals surface area contributed by atoms with Crippen LogP contribution in [0, 0.1) is 10.1 Å². The Morgan fingerprint density at radius 1 is 1.15 bits per heavy atom. The Morgan fingerprint density at radius 3 is 2.50 bits per heavy atom. The number of hydrogen-bond acceptors (Lipinski definition) is 4. The van der Waals surface area contributed by atoms with E-state index < -0.39 is 11.0 Å². The number of carbonyl (C=O) groups excluding carboxylic acids is 2. The second-order valence-corrected chi connectivity index (χ2v) is 6.06. The maximum atomic E-state index is 12.1. The van der Waals surface area contributed by atoms with E-state index in [1.807, 2.05) is 30.3 Å². The van der Waals surface area contributed by atoms with E-state index in [9.17, 15) is 19.7 Å². The first-order valence-electron chi connectivity index (χ1n) is 8.15. The van der Waals surface area contributed by atoms with Crippen molar-refractivity contribution >= 4 is 23.3 Å². The summed E-state index contributed by atoms with van der Waals surface area (Å²) in [6.45, 7) is 0.962. The Labute approximate surface area is 150 Å².